The van der Waals surface area contributed by atoms with Crippen LogP contribution in [0.4, 0.5) is 0 Å². The molecule has 0 aliphatic carbocycles. The molecule has 2 rings (SSSR count). The minimum absolute atomic E-state index is 0.0407. The topological polar surface area (TPSA) is 30.0 Å². The number of aromatic nitrogens is 1. The largest absolute Gasteiger partial charge is 0.294 e. The van der Waals surface area contributed by atoms with E-state index in [0.717, 1.165) is 14.4 Å². The van der Waals surface area contributed by atoms with Crippen LogP contribution in [0.15, 0.2) is 50.9 Å². The van der Waals surface area contributed by atoms with E-state index in [9.17, 15) is 4.79 Å². The van der Waals surface area contributed by atoms with Crippen LogP contribution in [0.3, 0.4) is 0 Å². The molecule has 0 atom stereocenters. The van der Waals surface area contributed by atoms with Crippen molar-refractivity contribution in [3.05, 3.63) is 51.6 Å². The van der Waals surface area contributed by atoms with Gasteiger partial charge in [-0.15, -0.1) is 0 Å². The first kappa shape index (κ1) is 13.6. The van der Waals surface area contributed by atoms with Gasteiger partial charge in [-0.05, 0) is 37.3 Å². The summed E-state index contributed by atoms with van der Waals surface area (Å²) >= 11 is 10.6. The molecule has 1 heterocycles. The molecule has 1 aromatic carbocycles. The van der Waals surface area contributed by atoms with Gasteiger partial charge in [0.25, 0.3) is 0 Å². The molecule has 0 radical (unpaired) electrons. The van der Waals surface area contributed by atoms with Crippen LogP contribution in [0.2, 0.25) is 5.02 Å². The molecule has 2 nitrogen and oxygen atoms in total. The first-order valence-electron chi connectivity index (χ1n) is 5.16. The van der Waals surface area contributed by atoms with E-state index in [4.69, 9.17) is 11.6 Å². The molecule has 0 spiro atoms. The summed E-state index contributed by atoms with van der Waals surface area (Å²) in [5, 5.41) is 1.40. The molecule has 0 aliphatic rings. The van der Waals surface area contributed by atoms with Crippen molar-refractivity contribution in [3.8, 4) is 0 Å². The molecule has 0 bridgehead atoms. The highest BCUT2D eigenvalue weighted by Crippen LogP contribution is 2.32. The summed E-state index contributed by atoms with van der Waals surface area (Å²) in [5.41, 5.74) is 0.694. The highest BCUT2D eigenvalue weighted by molar-refractivity contribution is 9.10. The summed E-state index contributed by atoms with van der Waals surface area (Å²) in [5.74, 6) is 0.0407. The molecule has 92 valence electrons. The summed E-state index contributed by atoms with van der Waals surface area (Å²) in [7, 11) is 0. The Balaban J connectivity index is 2.35. The highest BCUT2D eigenvalue weighted by atomic mass is 79.9. The predicted molar refractivity (Wildman–Crippen MR) is 77.5 cm³/mol. The Morgan fingerprint density at radius 1 is 1.33 bits per heavy atom. The fourth-order valence-electron chi connectivity index (χ4n) is 1.41. The maximum absolute atomic E-state index is 11.6. The van der Waals surface area contributed by atoms with Gasteiger partial charge < -0.3 is 0 Å². The molecule has 0 amide bonds. The van der Waals surface area contributed by atoms with Crippen molar-refractivity contribution in [2.24, 2.45) is 0 Å². The molecule has 0 aliphatic heterocycles. The van der Waals surface area contributed by atoms with Gasteiger partial charge in [-0.3, -0.25) is 4.79 Å². The third-order valence-corrected chi connectivity index (χ3v) is 3.96. The van der Waals surface area contributed by atoms with Crippen LogP contribution in [0.5, 0.6) is 0 Å². The Morgan fingerprint density at radius 2 is 2.11 bits per heavy atom. The third kappa shape index (κ3) is 3.34. The number of hydrogen-bond donors (Lipinski definition) is 0. The van der Waals surface area contributed by atoms with Crippen LogP contribution in [0.25, 0.3) is 0 Å². The predicted octanol–water partition coefficient (Wildman–Crippen LogP) is 4.85. The molecule has 0 fully saturated rings. The molecule has 2 aromatic rings. The lowest BCUT2D eigenvalue weighted by Gasteiger charge is -2.06. The van der Waals surface area contributed by atoms with Crippen molar-refractivity contribution in [3.63, 3.8) is 0 Å². The average Bonchev–Trinajstić information content (AvgIpc) is 2.32. The van der Waals surface area contributed by atoms with Gasteiger partial charge in [0.15, 0.2) is 5.78 Å². The fourth-order valence-corrected chi connectivity index (χ4v) is 3.01. The summed E-state index contributed by atoms with van der Waals surface area (Å²) in [6.45, 7) is 1.56. The van der Waals surface area contributed by atoms with Gasteiger partial charge in [0.2, 0.25) is 0 Å². The zero-order valence-corrected chi connectivity index (χ0v) is 12.6. The number of carbonyl (C=O) groups is 1. The minimum Gasteiger partial charge on any atom is -0.294 e. The zero-order valence-electron chi connectivity index (χ0n) is 9.48. The van der Waals surface area contributed by atoms with Crippen LogP contribution in [-0.2, 0) is 0 Å². The van der Waals surface area contributed by atoms with E-state index in [-0.39, 0.29) is 5.78 Å². The van der Waals surface area contributed by atoms with Gasteiger partial charge in [0.05, 0.1) is 5.02 Å². The first-order chi connectivity index (χ1) is 8.56. The van der Waals surface area contributed by atoms with Crippen LogP contribution in [0.1, 0.15) is 17.3 Å². The van der Waals surface area contributed by atoms with Gasteiger partial charge in [-0.1, -0.05) is 39.3 Å². The number of hydrogen-bond acceptors (Lipinski definition) is 3. The van der Waals surface area contributed by atoms with E-state index in [1.165, 1.54) is 11.8 Å². The van der Waals surface area contributed by atoms with Crippen molar-refractivity contribution < 1.29 is 4.79 Å². The number of rotatable bonds is 3. The Labute approximate surface area is 123 Å². The normalized spacial score (nSPS) is 10.4. The van der Waals surface area contributed by atoms with Crippen molar-refractivity contribution in [2.45, 2.75) is 16.8 Å². The lowest BCUT2D eigenvalue weighted by molar-refractivity contribution is 0.101. The molecular formula is C13H9BrClNOS. The summed E-state index contributed by atoms with van der Waals surface area (Å²) in [4.78, 5) is 16.6. The number of halogens is 2. The number of pyridine rings is 1. The van der Waals surface area contributed by atoms with Crippen molar-refractivity contribution in [2.75, 3.05) is 0 Å². The third-order valence-electron chi connectivity index (χ3n) is 2.24. The molecular weight excluding hydrogens is 334 g/mol. The van der Waals surface area contributed by atoms with E-state index >= 15 is 0 Å². The molecule has 5 heteroatoms. The lowest BCUT2D eigenvalue weighted by Crippen LogP contribution is -1.95. The molecule has 0 saturated heterocycles. The molecule has 0 unspecified atom stereocenters. The van der Waals surface area contributed by atoms with Crippen LogP contribution in [0, 0.1) is 0 Å². The minimum atomic E-state index is 0.0407. The van der Waals surface area contributed by atoms with Crippen molar-refractivity contribution >= 4 is 45.1 Å². The quantitative estimate of drug-likeness (QED) is 0.747. The van der Waals surface area contributed by atoms with Gasteiger partial charge in [0, 0.05) is 21.1 Å². The van der Waals surface area contributed by atoms with E-state index in [0.29, 0.717) is 10.6 Å². The van der Waals surface area contributed by atoms with E-state index < -0.39 is 0 Å². The smallest absolute Gasteiger partial charge is 0.160 e. The van der Waals surface area contributed by atoms with Crippen LogP contribution >= 0.6 is 39.3 Å². The second-order valence-electron chi connectivity index (χ2n) is 3.61. The van der Waals surface area contributed by atoms with Gasteiger partial charge in [-0.25, -0.2) is 4.98 Å². The fraction of sp³-hybridized carbons (Fsp3) is 0.0769. The number of carbonyl (C=O) groups excluding carboxylic acids is 1. The number of benzene rings is 1. The summed E-state index contributed by atoms with van der Waals surface area (Å²) in [6.07, 6.45) is 1.59. The number of Topliss-reactive ketones (excluding diaryl/α,β-unsaturated/α-hetero) is 1. The molecule has 0 N–H and O–H groups in total. The molecule has 1 aromatic heterocycles. The molecule has 0 saturated carbocycles. The van der Waals surface area contributed by atoms with E-state index in [2.05, 4.69) is 20.9 Å². The average molecular weight is 343 g/mol. The highest BCUT2D eigenvalue weighted by Gasteiger charge is 2.09. The standard InChI is InChI=1S/C13H9BrClNOS/c1-8(17)11-4-2-9(14)6-12(11)18-13-5-3-10(15)7-16-13/h2-7H,1H3. The Morgan fingerprint density at radius 3 is 2.72 bits per heavy atom. The van der Waals surface area contributed by atoms with Crippen LogP contribution in [-0.4, -0.2) is 10.8 Å². The first-order valence-corrected chi connectivity index (χ1v) is 7.15. The Hall–Kier alpha value is -0.840. The number of nitrogens with zero attached hydrogens (tertiary/aromatic N) is 1. The summed E-state index contributed by atoms with van der Waals surface area (Å²) < 4.78 is 0.934. The van der Waals surface area contributed by atoms with Crippen LogP contribution < -0.4 is 0 Å². The monoisotopic (exact) mass is 341 g/mol. The van der Waals surface area contributed by atoms with Crippen molar-refractivity contribution in [1.29, 1.82) is 0 Å². The second-order valence-corrected chi connectivity index (χ2v) is 6.03. The Kier molecular flexibility index (Phi) is 4.43. The summed E-state index contributed by atoms with van der Waals surface area (Å²) in [6, 6.07) is 9.19. The maximum Gasteiger partial charge on any atom is 0.160 e. The maximum atomic E-state index is 11.6. The SMILES string of the molecule is CC(=O)c1ccc(Br)cc1Sc1ccc(Cl)cn1. The lowest BCUT2D eigenvalue weighted by atomic mass is 10.1. The van der Waals surface area contributed by atoms with Gasteiger partial charge >= 0.3 is 0 Å². The number of ketones is 1. The molecule has 18 heavy (non-hydrogen) atoms. The van der Waals surface area contributed by atoms with E-state index in [1.807, 2.05) is 24.3 Å². The zero-order chi connectivity index (χ0) is 13.1. The Bertz CT molecular complexity index is 586. The second kappa shape index (κ2) is 5.87. The van der Waals surface area contributed by atoms with Gasteiger partial charge in [-0.2, -0.15) is 0 Å². The van der Waals surface area contributed by atoms with Gasteiger partial charge in [0.1, 0.15) is 5.03 Å². The van der Waals surface area contributed by atoms with Crippen molar-refractivity contribution in [1.82, 2.24) is 4.98 Å². The van der Waals surface area contributed by atoms with E-state index in [1.54, 1.807) is 19.2 Å².